The van der Waals surface area contributed by atoms with E-state index in [0.29, 0.717) is 24.7 Å². The molecule has 0 spiro atoms. The van der Waals surface area contributed by atoms with Crippen molar-refractivity contribution in [2.75, 3.05) is 13.2 Å². The van der Waals surface area contributed by atoms with Gasteiger partial charge in [0.15, 0.2) is 11.5 Å². The maximum Gasteiger partial charge on any atom is 0.329 e. The summed E-state index contributed by atoms with van der Waals surface area (Å²) in [6.07, 6.45) is 7.59. The Hall–Kier alpha value is -2.57. The summed E-state index contributed by atoms with van der Waals surface area (Å²) in [7, 11) is 0. The van der Waals surface area contributed by atoms with E-state index in [-0.39, 0.29) is 6.04 Å². The van der Waals surface area contributed by atoms with Crippen LogP contribution in [0.15, 0.2) is 23.3 Å². The highest BCUT2D eigenvalue weighted by atomic mass is 16.5. The van der Waals surface area contributed by atoms with Gasteiger partial charge in [0.1, 0.15) is 0 Å². The van der Waals surface area contributed by atoms with Crippen LogP contribution in [0.1, 0.15) is 57.9 Å². The summed E-state index contributed by atoms with van der Waals surface area (Å²) >= 11 is 0. The Bertz CT molecular complexity index is 655. The number of rotatable bonds is 8. The fraction of sp³-hybridized carbons (Fsp3) is 0.550. The van der Waals surface area contributed by atoms with E-state index in [9.17, 15) is 9.59 Å². The SMILES string of the molecule is CCCOc1ccc(C=NNC(=O)C(=O)NC2CCCCC2)cc1OCC. The molecule has 148 valence electrons. The van der Waals surface area contributed by atoms with Crippen LogP contribution in [0.5, 0.6) is 11.5 Å². The largest absolute Gasteiger partial charge is 0.490 e. The first kappa shape index (κ1) is 20.7. The number of carbonyl (C=O) groups is 2. The first-order valence-corrected chi connectivity index (χ1v) is 9.67. The lowest BCUT2D eigenvalue weighted by Gasteiger charge is -2.22. The van der Waals surface area contributed by atoms with E-state index >= 15 is 0 Å². The van der Waals surface area contributed by atoms with Gasteiger partial charge in [0, 0.05) is 6.04 Å². The molecular formula is C20H29N3O4. The average Bonchev–Trinajstić information content (AvgIpc) is 2.68. The Labute approximate surface area is 160 Å². The van der Waals surface area contributed by atoms with Crippen LogP contribution in [-0.2, 0) is 9.59 Å². The molecule has 2 amide bonds. The van der Waals surface area contributed by atoms with Crippen LogP contribution < -0.4 is 20.2 Å². The number of amides is 2. The highest BCUT2D eigenvalue weighted by molar-refractivity contribution is 6.35. The number of nitrogens with zero attached hydrogens (tertiary/aromatic N) is 1. The fourth-order valence-electron chi connectivity index (χ4n) is 2.92. The lowest BCUT2D eigenvalue weighted by Crippen LogP contribution is -2.44. The normalized spacial score (nSPS) is 14.7. The number of carbonyl (C=O) groups excluding carboxylic acids is 2. The third-order valence-electron chi connectivity index (χ3n) is 4.26. The van der Waals surface area contributed by atoms with Crippen LogP contribution in [-0.4, -0.2) is 37.3 Å². The summed E-state index contributed by atoms with van der Waals surface area (Å²) < 4.78 is 11.2. The Morgan fingerprint density at radius 2 is 1.89 bits per heavy atom. The van der Waals surface area contributed by atoms with Crippen molar-refractivity contribution in [2.24, 2.45) is 5.10 Å². The number of ether oxygens (including phenoxy) is 2. The highest BCUT2D eigenvalue weighted by Crippen LogP contribution is 2.28. The van der Waals surface area contributed by atoms with Gasteiger partial charge in [-0.05, 0) is 49.9 Å². The van der Waals surface area contributed by atoms with Gasteiger partial charge in [-0.2, -0.15) is 5.10 Å². The summed E-state index contributed by atoms with van der Waals surface area (Å²) in [4.78, 5) is 23.8. The van der Waals surface area contributed by atoms with Gasteiger partial charge in [0.05, 0.1) is 19.4 Å². The van der Waals surface area contributed by atoms with Gasteiger partial charge in [-0.25, -0.2) is 5.43 Å². The average molecular weight is 375 g/mol. The molecule has 1 aromatic carbocycles. The van der Waals surface area contributed by atoms with Crippen molar-refractivity contribution >= 4 is 18.0 Å². The van der Waals surface area contributed by atoms with E-state index in [1.165, 1.54) is 12.6 Å². The molecule has 7 heteroatoms. The van der Waals surface area contributed by atoms with Gasteiger partial charge >= 0.3 is 11.8 Å². The fourth-order valence-corrected chi connectivity index (χ4v) is 2.92. The summed E-state index contributed by atoms with van der Waals surface area (Å²) in [6, 6.07) is 5.49. The first-order chi connectivity index (χ1) is 13.1. The molecule has 7 nitrogen and oxygen atoms in total. The molecule has 1 saturated carbocycles. The molecule has 0 saturated heterocycles. The molecule has 0 unspecified atom stereocenters. The third-order valence-corrected chi connectivity index (χ3v) is 4.26. The molecule has 0 bridgehead atoms. The quantitative estimate of drug-likeness (QED) is 0.415. The summed E-state index contributed by atoms with van der Waals surface area (Å²) in [5.74, 6) is -0.106. The van der Waals surface area contributed by atoms with Crippen molar-refractivity contribution < 1.29 is 19.1 Å². The first-order valence-electron chi connectivity index (χ1n) is 9.67. The predicted molar refractivity (Wildman–Crippen MR) is 104 cm³/mol. The van der Waals surface area contributed by atoms with Crippen LogP contribution in [0.25, 0.3) is 0 Å². The second-order valence-corrected chi connectivity index (χ2v) is 6.50. The van der Waals surface area contributed by atoms with E-state index in [0.717, 1.165) is 37.7 Å². The van der Waals surface area contributed by atoms with Crippen LogP contribution in [0.3, 0.4) is 0 Å². The van der Waals surface area contributed by atoms with Crippen LogP contribution in [0.2, 0.25) is 0 Å². The van der Waals surface area contributed by atoms with Crippen LogP contribution >= 0.6 is 0 Å². The van der Waals surface area contributed by atoms with E-state index in [1.54, 1.807) is 12.1 Å². The summed E-state index contributed by atoms with van der Waals surface area (Å²) in [6.45, 7) is 5.06. The minimum Gasteiger partial charge on any atom is -0.490 e. The Morgan fingerprint density at radius 1 is 1.11 bits per heavy atom. The van der Waals surface area contributed by atoms with E-state index < -0.39 is 11.8 Å². The van der Waals surface area contributed by atoms with Gasteiger partial charge in [-0.1, -0.05) is 26.2 Å². The molecule has 1 aliphatic carbocycles. The molecule has 0 heterocycles. The van der Waals surface area contributed by atoms with Gasteiger partial charge in [-0.3, -0.25) is 9.59 Å². The number of hydrazone groups is 1. The van der Waals surface area contributed by atoms with Crippen molar-refractivity contribution in [3.63, 3.8) is 0 Å². The van der Waals surface area contributed by atoms with Crippen molar-refractivity contribution in [2.45, 2.75) is 58.4 Å². The second-order valence-electron chi connectivity index (χ2n) is 6.50. The number of hydrogen-bond donors (Lipinski definition) is 2. The van der Waals surface area contributed by atoms with Crippen molar-refractivity contribution in [1.82, 2.24) is 10.7 Å². The third kappa shape index (κ3) is 6.92. The molecule has 0 atom stereocenters. The topological polar surface area (TPSA) is 89.0 Å². The Morgan fingerprint density at radius 3 is 2.59 bits per heavy atom. The van der Waals surface area contributed by atoms with Crippen LogP contribution in [0, 0.1) is 0 Å². The predicted octanol–water partition coefficient (Wildman–Crippen LogP) is 2.77. The molecular weight excluding hydrogens is 346 g/mol. The molecule has 2 N–H and O–H groups in total. The summed E-state index contributed by atoms with van der Waals surface area (Å²) in [5.41, 5.74) is 3.00. The van der Waals surface area contributed by atoms with Gasteiger partial charge in [-0.15, -0.1) is 0 Å². The number of hydrogen-bond acceptors (Lipinski definition) is 5. The maximum absolute atomic E-state index is 11.9. The minimum atomic E-state index is -0.759. The second kappa shape index (κ2) is 11.2. The standard InChI is InChI=1S/C20H29N3O4/c1-3-12-27-17-11-10-15(13-18(17)26-4-2)14-21-23-20(25)19(24)22-16-8-6-5-7-9-16/h10-11,13-14,16H,3-9,12H2,1-2H3,(H,22,24)(H,23,25). The molecule has 0 aromatic heterocycles. The highest BCUT2D eigenvalue weighted by Gasteiger charge is 2.19. The lowest BCUT2D eigenvalue weighted by atomic mass is 9.95. The van der Waals surface area contributed by atoms with Gasteiger partial charge < -0.3 is 14.8 Å². The Balaban J connectivity index is 1.89. The molecule has 1 aromatic rings. The molecule has 27 heavy (non-hydrogen) atoms. The van der Waals surface area contributed by atoms with E-state index in [4.69, 9.17) is 9.47 Å². The van der Waals surface area contributed by atoms with Gasteiger partial charge in [0.2, 0.25) is 0 Å². The van der Waals surface area contributed by atoms with Crippen molar-refractivity contribution in [3.8, 4) is 11.5 Å². The zero-order chi connectivity index (χ0) is 19.5. The number of benzene rings is 1. The minimum absolute atomic E-state index is 0.0883. The molecule has 1 aliphatic rings. The zero-order valence-electron chi connectivity index (χ0n) is 16.1. The molecule has 0 aliphatic heterocycles. The number of nitrogens with one attached hydrogen (secondary N) is 2. The summed E-state index contributed by atoms with van der Waals surface area (Å²) in [5, 5.41) is 6.63. The van der Waals surface area contributed by atoms with E-state index in [1.807, 2.05) is 19.9 Å². The molecule has 2 rings (SSSR count). The maximum atomic E-state index is 11.9. The van der Waals surface area contributed by atoms with Crippen LogP contribution in [0.4, 0.5) is 0 Å². The van der Waals surface area contributed by atoms with Crippen molar-refractivity contribution in [3.05, 3.63) is 23.8 Å². The molecule has 0 radical (unpaired) electrons. The smallest absolute Gasteiger partial charge is 0.329 e. The zero-order valence-corrected chi connectivity index (χ0v) is 16.1. The lowest BCUT2D eigenvalue weighted by molar-refractivity contribution is -0.139. The molecule has 1 fully saturated rings. The Kier molecular flexibility index (Phi) is 8.61. The monoisotopic (exact) mass is 375 g/mol. The van der Waals surface area contributed by atoms with Gasteiger partial charge in [0.25, 0.3) is 0 Å². The van der Waals surface area contributed by atoms with Crippen molar-refractivity contribution in [1.29, 1.82) is 0 Å². The van der Waals surface area contributed by atoms with E-state index in [2.05, 4.69) is 15.8 Å².